The molecule has 7 heteroatoms. The van der Waals surface area contributed by atoms with E-state index in [-0.39, 0.29) is 11.9 Å². The number of carbonyl (C=O) groups is 1. The van der Waals surface area contributed by atoms with Crippen LogP contribution in [0.2, 0.25) is 0 Å². The number of sulfonamides is 1. The molecule has 1 spiro atoms. The highest BCUT2D eigenvalue weighted by atomic mass is 32.2. The summed E-state index contributed by atoms with van der Waals surface area (Å²) in [5, 5.41) is 3.46. The van der Waals surface area contributed by atoms with Gasteiger partial charge in [-0.25, -0.2) is 8.42 Å². The zero-order valence-corrected chi connectivity index (χ0v) is 17.7. The molecule has 0 saturated carbocycles. The van der Waals surface area contributed by atoms with Gasteiger partial charge in [-0.15, -0.1) is 0 Å². The Morgan fingerprint density at radius 2 is 1.66 bits per heavy atom. The van der Waals surface area contributed by atoms with Gasteiger partial charge in [0.25, 0.3) is 0 Å². The van der Waals surface area contributed by atoms with Crippen LogP contribution in [-0.4, -0.2) is 48.3 Å². The molecule has 1 atom stereocenters. The molecule has 2 aliphatic heterocycles. The average Bonchev–Trinajstić information content (AvgIpc) is 2.93. The third-order valence-electron chi connectivity index (χ3n) is 6.03. The van der Waals surface area contributed by atoms with E-state index in [0.29, 0.717) is 37.4 Å². The Labute approximate surface area is 172 Å². The van der Waals surface area contributed by atoms with E-state index in [2.05, 4.69) is 5.32 Å². The first-order valence-electron chi connectivity index (χ1n) is 10.0. The van der Waals surface area contributed by atoms with Gasteiger partial charge in [0.1, 0.15) is 0 Å². The average molecular weight is 414 g/mol. The van der Waals surface area contributed by atoms with Gasteiger partial charge in [-0.1, -0.05) is 48.0 Å². The second kappa shape index (κ2) is 7.55. The Morgan fingerprint density at radius 3 is 2.28 bits per heavy atom. The molecule has 0 radical (unpaired) electrons. The first-order chi connectivity index (χ1) is 13.8. The molecular weight excluding hydrogens is 386 g/mol. The van der Waals surface area contributed by atoms with Gasteiger partial charge in [0.05, 0.1) is 16.6 Å². The quantitative estimate of drug-likeness (QED) is 0.836. The van der Waals surface area contributed by atoms with Crippen molar-refractivity contribution in [2.75, 3.05) is 13.1 Å². The predicted molar refractivity (Wildman–Crippen MR) is 111 cm³/mol. The standard InChI is InChI=1S/C22H27N3O3S/c1-17-8-10-20(11-9-17)29(27,28)24-14-12-22(13-15-24)23-18(2)21(26)25(22)16-19-6-4-3-5-7-19/h3-11,18,23H,12-16H2,1-2H3/t18-/m0/s1. The van der Waals surface area contributed by atoms with E-state index in [4.69, 9.17) is 0 Å². The molecule has 154 valence electrons. The van der Waals surface area contributed by atoms with Crippen LogP contribution in [0.3, 0.4) is 0 Å². The molecule has 2 saturated heterocycles. The van der Waals surface area contributed by atoms with Crippen LogP contribution in [0, 0.1) is 6.92 Å². The lowest BCUT2D eigenvalue weighted by molar-refractivity contribution is -0.133. The lowest BCUT2D eigenvalue weighted by Gasteiger charge is -2.44. The fourth-order valence-electron chi connectivity index (χ4n) is 4.35. The fourth-order valence-corrected chi connectivity index (χ4v) is 5.79. The predicted octanol–water partition coefficient (Wildman–Crippen LogP) is 2.50. The SMILES string of the molecule is Cc1ccc(S(=O)(=O)N2CCC3(CC2)N[C@@H](C)C(=O)N3Cc2ccccc2)cc1. The van der Waals surface area contributed by atoms with Crippen molar-refractivity contribution in [2.24, 2.45) is 0 Å². The van der Waals surface area contributed by atoms with Crippen molar-refractivity contribution in [2.45, 2.75) is 49.8 Å². The maximum absolute atomic E-state index is 13.0. The summed E-state index contributed by atoms with van der Waals surface area (Å²) in [6, 6.07) is 16.6. The van der Waals surface area contributed by atoms with Gasteiger partial charge in [0.15, 0.2) is 0 Å². The van der Waals surface area contributed by atoms with Gasteiger partial charge < -0.3 is 4.90 Å². The molecule has 29 heavy (non-hydrogen) atoms. The van der Waals surface area contributed by atoms with Gasteiger partial charge in [-0.2, -0.15) is 4.31 Å². The number of rotatable bonds is 4. The summed E-state index contributed by atoms with van der Waals surface area (Å²) < 4.78 is 27.6. The van der Waals surface area contributed by atoms with E-state index in [9.17, 15) is 13.2 Å². The lowest BCUT2D eigenvalue weighted by Crippen LogP contribution is -2.59. The number of piperidine rings is 1. The van der Waals surface area contributed by atoms with Gasteiger partial charge in [0.2, 0.25) is 15.9 Å². The van der Waals surface area contributed by atoms with Crippen molar-refractivity contribution in [3.8, 4) is 0 Å². The van der Waals surface area contributed by atoms with Gasteiger partial charge >= 0.3 is 0 Å². The van der Waals surface area contributed by atoms with E-state index >= 15 is 0 Å². The minimum atomic E-state index is -3.53. The fraction of sp³-hybridized carbons (Fsp3) is 0.409. The largest absolute Gasteiger partial charge is 0.319 e. The Kier molecular flexibility index (Phi) is 5.23. The van der Waals surface area contributed by atoms with Gasteiger partial charge in [-0.05, 0) is 44.4 Å². The van der Waals surface area contributed by atoms with Crippen LogP contribution in [-0.2, 0) is 21.4 Å². The highest BCUT2D eigenvalue weighted by Gasteiger charge is 2.51. The van der Waals surface area contributed by atoms with Crippen LogP contribution in [0.4, 0.5) is 0 Å². The van der Waals surface area contributed by atoms with Gasteiger partial charge in [-0.3, -0.25) is 10.1 Å². The third kappa shape index (κ3) is 3.70. The first-order valence-corrected chi connectivity index (χ1v) is 11.5. The van der Waals surface area contributed by atoms with Crippen molar-refractivity contribution in [3.05, 3.63) is 65.7 Å². The maximum Gasteiger partial charge on any atom is 0.243 e. The molecule has 2 fully saturated rings. The van der Waals surface area contributed by atoms with E-state index in [1.807, 2.05) is 61.2 Å². The first kappa shape index (κ1) is 20.1. The third-order valence-corrected chi connectivity index (χ3v) is 7.94. The lowest BCUT2D eigenvalue weighted by atomic mass is 9.96. The van der Waals surface area contributed by atoms with E-state index in [1.54, 1.807) is 16.4 Å². The number of benzene rings is 2. The number of aryl methyl sites for hydroxylation is 1. The van der Waals surface area contributed by atoms with Crippen molar-refractivity contribution < 1.29 is 13.2 Å². The highest BCUT2D eigenvalue weighted by Crippen LogP contribution is 2.35. The molecule has 0 bridgehead atoms. The molecule has 6 nitrogen and oxygen atoms in total. The summed E-state index contributed by atoms with van der Waals surface area (Å²) in [7, 11) is -3.53. The minimum Gasteiger partial charge on any atom is -0.319 e. The summed E-state index contributed by atoms with van der Waals surface area (Å²) in [4.78, 5) is 15.1. The number of amides is 1. The second-order valence-corrected chi connectivity index (χ2v) is 9.96. The number of nitrogens with zero attached hydrogens (tertiary/aromatic N) is 2. The topological polar surface area (TPSA) is 69.7 Å². The monoisotopic (exact) mass is 413 g/mol. The highest BCUT2D eigenvalue weighted by molar-refractivity contribution is 7.89. The smallest absolute Gasteiger partial charge is 0.243 e. The molecule has 2 aliphatic rings. The Bertz CT molecular complexity index is 982. The minimum absolute atomic E-state index is 0.0729. The molecule has 0 unspecified atom stereocenters. The van der Waals surface area contributed by atoms with Crippen molar-refractivity contribution in [1.29, 1.82) is 0 Å². The number of nitrogens with one attached hydrogen (secondary N) is 1. The summed E-state index contributed by atoms with van der Waals surface area (Å²) in [5.74, 6) is 0.0729. The molecular formula is C22H27N3O3S. The van der Waals surface area contributed by atoms with Crippen LogP contribution < -0.4 is 5.32 Å². The summed E-state index contributed by atoms with van der Waals surface area (Å²) in [5.41, 5.74) is 1.61. The molecule has 2 heterocycles. The summed E-state index contributed by atoms with van der Waals surface area (Å²) in [6.07, 6.45) is 1.14. The Balaban J connectivity index is 1.53. The second-order valence-electron chi connectivity index (χ2n) is 8.02. The molecule has 0 aliphatic carbocycles. The summed E-state index contributed by atoms with van der Waals surface area (Å²) >= 11 is 0. The molecule has 2 aromatic rings. The number of hydrogen-bond donors (Lipinski definition) is 1. The summed E-state index contributed by atoms with van der Waals surface area (Å²) in [6.45, 7) is 5.11. The van der Waals surface area contributed by atoms with E-state index in [0.717, 1.165) is 11.1 Å². The van der Waals surface area contributed by atoms with E-state index < -0.39 is 15.7 Å². The van der Waals surface area contributed by atoms with Crippen LogP contribution in [0.5, 0.6) is 0 Å². The van der Waals surface area contributed by atoms with Crippen LogP contribution >= 0.6 is 0 Å². The normalized spacial score (nSPS) is 22.3. The van der Waals surface area contributed by atoms with Crippen LogP contribution in [0.15, 0.2) is 59.5 Å². The van der Waals surface area contributed by atoms with Crippen molar-refractivity contribution in [1.82, 2.24) is 14.5 Å². The number of hydrogen-bond acceptors (Lipinski definition) is 4. The Hall–Kier alpha value is -2.22. The van der Waals surface area contributed by atoms with Gasteiger partial charge in [0, 0.05) is 19.6 Å². The van der Waals surface area contributed by atoms with Crippen LogP contribution in [0.1, 0.15) is 30.9 Å². The van der Waals surface area contributed by atoms with Crippen molar-refractivity contribution in [3.63, 3.8) is 0 Å². The molecule has 4 rings (SSSR count). The molecule has 0 aromatic heterocycles. The maximum atomic E-state index is 13.0. The molecule has 2 aromatic carbocycles. The number of carbonyl (C=O) groups excluding carboxylic acids is 1. The van der Waals surface area contributed by atoms with E-state index in [1.165, 1.54) is 0 Å². The molecule has 1 amide bonds. The zero-order chi connectivity index (χ0) is 20.6. The Morgan fingerprint density at radius 1 is 1.03 bits per heavy atom. The zero-order valence-electron chi connectivity index (χ0n) is 16.8. The van der Waals surface area contributed by atoms with Crippen LogP contribution in [0.25, 0.3) is 0 Å². The van der Waals surface area contributed by atoms with Crippen molar-refractivity contribution >= 4 is 15.9 Å². The molecule has 1 N–H and O–H groups in total.